The summed E-state index contributed by atoms with van der Waals surface area (Å²) in [7, 11) is 4.18. The predicted molar refractivity (Wildman–Crippen MR) is 197 cm³/mol. The molecule has 6 rings (SSSR count). The van der Waals surface area contributed by atoms with Crippen LogP contribution in [0.15, 0.2) is 132 Å². The van der Waals surface area contributed by atoms with Crippen LogP contribution >= 0.6 is 0 Å². The van der Waals surface area contributed by atoms with Gasteiger partial charge in [0, 0.05) is 43.1 Å². The highest BCUT2D eigenvalue weighted by Gasteiger charge is 2.54. The van der Waals surface area contributed by atoms with Crippen LogP contribution < -0.4 is 0 Å². The molecule has 4 aromatic carbocycles. The van der Waals surface area contributed by atoms with Gasteiger partial charge in [0.25, 0.3) is 0 Å². The summed E-state index contributed by atoms with van der Waals surface area (Å²) in [5.41, 5.74) is 4.77. The van der Waals surface area contributed by atoms with Gasteiger partial charge in [0.1, 0.15) is 17.6 Å². The molecule has 0 saturated heterocycles. The molecule has 258 valence electrons. The number of hydrogen-bond acceptors (Lipinski definition) is 7. The Morgan fingerprint density at radius 2 is 1.29 bits per heavy atom. The second kappa shape index (κ2) is 15.8. The molecule has 1 heterocycles. The summed E-state index contributed by atoms with van der Waals surface area (Å²) in [4.78, 5) is 41.0. The van der Waals surface area contributed by atoms with E-state index < -0.39 is 23.5 Å². The average Bonchev–Trinajstić information content (AvgIpc) is 3.57. The average molecular weight is 681 g/mol. The Bertz CT molecular complexity index is 2030. The molecular weight excluding hydrogens is 640 g/mol. The molecule has 0 N–H and O–H groups in total. The van der Waals surface area contributed by atoms with Gasteiger partial charge in [-0.05, 0) is 40.3 Å². The summed E-state index contributed by atoms with van der Waals surface area (Å²) in [5.74, 6) is -0.515. The molecule has 51 heavy (non-hydrogen) atoms. The van der Waals surface area contributed by atoms with E-state index >= 15 is 0 Å². The second-order valence-electron chi connectivity index (χ2n) is 12.5. The van der Waals surface area contributed by atoms with Gasteiger partial charge in [0.05, 0.1) is 14.2 Å². The van der Waals surface area contributed by atoms with Gasteiger partial charge < -0.3 is 18.6 Å². The van der Waals surface area contributed by atoms with E-state index in [1.807, 2.05) is 121 Å². The van der Waals surface area contributed by atoms with Crippen molar-refractivity contribution >= 4 is 34.9 Å². The maximum atomic E-state index is 13.8. The van der Waals surface area contributed by atoms with Crippen LogP contribution in [0.1, 0.15) is 58.9 Å². The van der Waals surface area contributed by atoms with Crippen LogP contribution in [0, 0.1) is 5.41 Å². The number of carbonyl (C=O) groups is 3. The highest BCUT2D eigenvalue weighted by molar-refractivity contribution is 6.07. The number of ether oxygens (including phenoxy) is 3. The van der Waals surface area contributed by atoms with Crippen LogP contribution in [0.25, 0.3) is 28.5 Å². The summed E-state index contributed by atoms with van der Waals surface area (Å²) in [5, 5.41) is 0. The first-order chi connectivity index (χ1) is 24.9. The summed E-state index contributed by atoms with van der Waals surface area (Å²) >= 11 is 0. The summed E-state index contributed by atoms with van der Waals surface area (Å²) < 4.78 is 23.7. The van der Waals surface area contributed by atoms with Gasteiger partial charge in [-0.2, -0.15) is 0 Å². The molecule has 0 aliphatic heterocycles. The predicted octanol–water partition coefficient (Wildman–Crippen LogP) is 8.93. The molecule has 0 saturated carbocycles. The van der Waals surface area contributed by atoms with Gasteiger partial charge in [0.2, 0.25) is 0 Å². The highest BCUT2D eigenvalue weighted by Crippen LogP contribution is 2.53. The van der Waals surface area contributed by atoms with Crippen molar-refractivity contribution in [2.24, 2.45) is 5.41 Å². The first-order valence-corrected chi connectivity index (χ1v) is 16.9. The van der Waals surface area contributed by atoms with Crippen molar-refractivity contribution in [1.29, 1.82) is 0 Å². The summed E-state index contributed by atoms with van der Waals surface area (Å²) in [6.45, 7) is 0. The zero-order valence-electron chi connectivity index (χ0n) is 29.0. The van der Waals surface area contributed by atoms with Gasteiger partial charge in [-0.1, -0.05) is 127 Å². The number of furan rings is 1. The molecule has 7 nitrogen and oxygen atoms in total. The standard InChI is InChI=1S/C44H40O7/c1-48-40(32-20-12-6-13-21-32)39-38-36(35(31-18-10-5-11-19-31)27-26-34(45)25-24-30-16-8-4-9-17-30)28-44(42(46)49-2,43(47)50-3)29-37(38)51-41(39)33-22-14-7-15-23-33/h4-25,40H,26-29H2,1-3H3/b25-24+,36-35+. The lowest BCUT2D eigenvalue weighted by Gasteiger charge is -2.34. The number of benzene rings is 4. The van der Waals surface area contributed by atoms with Crippen molar-refractivity contribution in [3.05, 3.63) is 161 Å². The third-order valence-corrected chi connectivity index (χ3v) is 9.42. The molecule has 0 bridgehead atoms. The van der Waals surface area contributed by atoms with Crippen LogP contribution in [-0.2, 0) is 35.0 Å². The minimum absolute atomic E-state index is 0.0381. The van der Waals surface area contributed by atoms with Crippen molar-refractivity contribution in [2.45, 2.75) is 31.8 Å². The largest absolute Gasteiger partial charge is 0.468 e. The van der Waals surface area contributed by atoms with Crippen molar-refractivity contribution < 1.29 is 33.0 Å². The van der Waals surface area contributed by atoms with Crippen LogP contribution in [0.5, 0.6) is 0 Å². The molecule has 0 spiro atoms. The summed E-state index contributed by atoms with van der Waals surface area (Å²) in [6.07, 6.45) is 3.21. The van der Waals surface area contributed by atoms with Gasteiger partial charge in [0.15, 0.2) is 11.2 Å². The second-order valence-corrected chi connectivity index (χ2v) is 12.5. The van der Waals surface area contributed by atoms with Gasteiger partial charge in [-0.25, -0.2) is 0 Å². The number of methoxy groups -OCH3 is 3. The fourth-order valence-electron chi connectivity index (χ4n) is 6.99. The molecule has 0 fully saturated rings. The van der Waals surface area contributed by atoms with Crippen molar-refractivity contribution in [2.75, 3.05) is 21.3 Å². The van der Waals surface area contributed by atoms with E-state index in [1.54, 1.807) is 19.3 Å². The van der Waals surface area contributed by atoms with E-state index in [9.17, 15) is 14.4 Å². The molecule has 7 heteroatoms. The Morgan fingerprint density at radius 3 is 1.88 bits per heavy atom. The normalized spacial score (nSPS) is 15.1. The first kappa shape index (κ1) is 35.1. The van der Waals surface area contributed by atoms with Crippen LogP contribution in [-0.4, -0.2) is 39.1 Å². The number of rotatable bonds is 12. The molecule has 0 radical (unpaired) electrons. The highest BCUT2D eigenvalue weighted by atomic mass is 16.5. The number of allylic oxidation sites excluding steroid dienone is 3. The van der Waals surface area contributed by atoms with Gasteiger partial charge in [-0.15, -0.1) is 0 Å². The van der Waals surface area contributed by atoms with Crippen LogP contribution in [0.2, 0.25) is 0 Å². The molecule has 1 atom stereocenters. The number of fused-ring (bicyclic) bond motifs is 1. The lowest BCUT2D eigenvalue weighted by molar-refractivity contribution is -0.169. The SMILES string of the molecule is COC(=O)C1(C(=O)OC)C/C(=C(/CCC(=O)/C=C/c2ccccc2)c2ccccc2)c2c(oc(-c3ccccc3)c2C(OC)c2ccccc2)C1. The monoisotopic (exact) mass is 680 g/mol. The molecule has 1 unspecified atom stereocenters. The molecular formula is C44H40O7. The van der Waals surface area contributed by atoms with E-state index in [-0.39, 0.29) is 25.0 Å². The summed E-state index contributed by atoms with van der Waals surface area (Å²) in [6, 6.07) is 38.9. The molecule has 0 amide bonds. The smallest absolute Gasteiger partial charge is 0.324 e. The number of ketones is 1. The maximum absolute atomic E-state index is 13.8. The van der Waals surface area contributed by atoms with E-state index in [0.717, 1.165) is 39.0 Å². The maximum Gasteiger partial charge on any atom is 0.324 e. The Labute approximate surface area is 298 Å². The Hall–Kier alpha value is -5.79. The number of hydrogen-bond donors (Lipinski definition) is 0. The first-order valence-electron chi connectivity index (χ1n) is 16.9. The van der Waals surface area contributed by atoms with E-state index in [2.05, 4.69) is 0 Å². The quantitative estimate of drug-likeness (QED) is 0.0738. The molecule has 1 aromatic heterocycles. The zero-order chi connectivity index (χ0) is 35.8. The lowest BCUT2D eigenvalue weighted by atomic mass is 9.68. The third kappa shape index (κ3) is 7.25. The molecule has 5 aromatic rings. The lowest BCUT2D eigenvalue weighted by Crippen LogP contribution is -2.45. The van der Waals surface area contributed by atoms with E-state index in [1.165, 1.54) is 14.2 Å². The van der Waals surface area contributed by atoms with Crippen LogP contribution in [0.4, 0.5) is 0 Å². The Kier molecular flexibility index (Phi) is 10.9. The number of esters is 2. The Morgan fingerprint density at radius 1 is 0.725 bits per heavy atom. The fraction of sp³-hybridized carbons (Fsp3) is 0.205. The topological polar surface area (TPSA) is 92.0 Å². The van der Waals surface area contributed by atoms with Crippen molar-refractivity contribution in [1.82, 2.24) is 0 Å². The van der Waals surface area contributed by atoms with Crippen molar-refractivity contribution in [3.63, 3.8) is 0 Å². The molecule has 1 aliphatic carbocycles. The van der Waals surface area contributed by atoms with Crippen molar-refractivity contribution in [3.8, 4) is 11.3 Å². The van der Waals surface area contributed by atoms with Gasteiger partial charge >= 0.3 is 11.9 Å². The fourth-order valence-corrected chi connectivity index (χ4v) is 6.99. The third-order valence-electron chi connectivity index (χ3n) is 9.42. The number of carbonyl (C=O) groups excluding carboxylic acids is 3. The zero-order valence-corrected chi connectivity index (χ0v) is 29.0. The van der Waals surface area contributed by atoms with Crippen LogP contribution in [0.3, 0.4) is 0 Å². The Balaban J connectivity index is 1.63. The minimum atomic E-state index is -1.73. The van der Waals surface area contributed by atoms with Gasteiger partial charge in [-0.3, -0.25) is 14.4 Å². The van der Waals surface area contributed by atoms with E-state index in [0.29, 0.717) is 23.5 Å². The minimum Gasteiger partial charge on any atom is -0.468 e. The van der Waals surface area contributed by atoms with E-state index in [4.69, 9.17) is 18.6 Å². The molecule has 1 aliphatic rings.